The number of aryl methyl sites for hydroxylation is 2. The lowest BCUT2D eigenvalue weighted by Gasteiger charge is -2.06. The monoisotopic (exact) mass is 243 g/mol. The molecule has 0 saturated carbocycles. The molecule has 0 unspecified atom stereocenters. The van der Waals surface area contributed by atoms with Gasteiger partial charge in [-0.05, 0) is 31.9 Å². The molecule has 0 saturated heterocycles. The summed E-state index contributed by atoms with van der Waals surface area (Å²) >= 11 is 0. The molecule has 1 aromatic carbocycles. The van der Waals surface area contributed by atoms with Crippen molar-refractivity contribution in [1.82, 2.24) is 4.98 Å². The van der Waals surface area contributed by atoms with Gasteiger partial charge in [0.15, 0.2) is 0 Å². The smallest absolute Gasteiger partial charge is 0.340 e. The molecule has 0 atom stereocenters. The Hall–Kier alpha value is -2.03. The summed E-state index contributed by atoms with van der Waals surface area (Å²) in [6.07, 6.45) is 1.83. The van der Waals surface area contributed by atoms with E-state index in [9.17, 15) is 4.79 Å². The van der Waals surface area contributed by atoms with E-state index in [4.69, 9.17) is 4.74 Å². The van der Waals surface area contributed by atoms with E-state index in [1.54, 1.807) is 0 Å². The number of carbonyl (C=O) groups is 1. The number of aromatic amines is 1. The molecule has 1 N–H and O–H groups in total. The molecule has 0 spiro atoms. The van der Waals surface area contributed by atoms with Crippen molar-refractivity contribution in [3.63, 3.8) is 0 Å². The Morgan fingerprint density at radius 2 is 1.89 bits per heavy atom. The number of H-pyrrole nitrogens is 1. The summed E-state index contributed by atoms with van der Waals surface area (Å²) in [6, 6.07) is 8.06. The van der Waals surface area contributed by atoms with Crippen molar-refractivity contribution < 1.29 is 9.53 Å². The molecule has 0 radical (unpaired) electrons. The standard InChI is InChI=1S/C15H17NO2/c1-4-18-15(17)13-11(3)9-16-14(13)12-7-5-10(2)6-8-12/h5-9,16H,4H2,1-3H3. The second kappa shape index (κ2) is 5.08. The Labute approximate surface area is 107 Å². The Kier molecular flexibility index (Phi) is 3.51. The van der Waals surface area contributed by atoms with Crippen molar-refractivity contribution in [1.29, 1.82) is 0 Å². The highest BCUT2D eigenvalue weighted by Crippen LogP contribution is 2.26. The third kappa shape index (κ3) is 2.30. The Morgan fingerprint density at radius 1 is 1.22 bits per heavy atom. The predicted molar refractivity (Wildman–Crippen MR) is 71.7 cm³/mol. The van der Waals surface area contributed by atoms with Gasteiger partial charge >= 0.3 is 5.97 Å². The average Bonchev–Trinajstić information content (AvgIpc) is 2.72. The predicted octanol–water partition coefficient (Wildman–Crippen LogP) is 3.48. The van der Waals surface area contributed by atoms with Crippen LogP contribution in [-0.4, -0.2) is 17.6 Å². The van der Waals surface area contributed by atoms with Crippen LogP contribution in [0.25, 0.3) is 11.3 Å². The van der Waals surface area contributed by atoms with Gasteiger partial charge in [-0.1, -0.05) is 29.8 Å². The van der Waals surface area contributed by atoms with Crippen LogP contribution in [0.3, 0.4) is 0 Å². The van der Waals surface area contributed by atoms with Gasteiger partial charge in [0, 0.05) is 6.20 Å². The maximum Gasteiger partial charge on any atom is 0.340 e. The lowest BCUT2D eigenvalue weighted by atomic mass is 10.0. The zero-order chi connectivity index (χ0) is 13.1. The Balaban J connectivity index is 2.45. The fourth-order valence-electron chi connectivity index (χ4n) is 1.94. The van der Waals surface area contributed by atoms with Gasteiger partial charge in [-0.2, -0.15) is 0 Å². The first-order chi connectivity index (χ1) is 8.63. The first-order valence-corrected chi connectivity index (χ1v) is 6.05. The van der Waals surface area contributed by atoms with Crippen LogP contribution in [0.5, 0.6) is 0 Å². The van der Waals surface area contributed by atoms with Crippen molar-refractivity contribution in [3.8, 4) is 11.3 Å². The van der Waals surface area contributed by atoms with E-state index in [0.29, 0.717) is 12.2 Å². The molecule has 0 bridgehead atoms. The van der Waals surface area contributed by atoms with Crippen LogP contribution >= 0.6 is 0 Å². The van der Waals surface area contributed by atoms with Gasteiger partial charge < -0.3 is 9.72 Å². The van der Waals surface area contributed by atoms with Crippen LogP contribution in [0.15, 0.2) is 30.5 Å². The quantitative estimate of drug-likeness (QED) is 0.839. The van der Waals surface area contributed by atoms with E-state index in [2.05, 4.69) is 4.98 Å². The molecular formula is C15H17NO2. The highest BCUT2D eigenvalue weighted by atomic mass is 16.5. The fourth-order valence-corrected chi connectivity index (χ4v) is 1.94. The number of aromatic nitrogens is 1. The van der Waals surface area contributed by atoms with E-state index < -0.39 is 0 Å². The minimum absolute atomic E-state index is 0.271. The summed E-state index contributed by atoms with van der Waals surface area (Å²) in [5.74, 6) is -0.271. The maximum atomic E-state index is 11.9. The number of rotatable bonds is 3. The highest BCUT2D eigenvalue weighted by Gasteiger charge is 2.18. The van der Waals surface area contributed by atoms with Gasteiger partial charge in [0.1, 0.15) is 0 Å². The topological polar surface area (TPSA) is 42.1 Å². The summed E-state index contributed by atoms with van der Waals surface area (Å²) in [4.78, 5) is 15.1. The number of hydrogen-bond donors (Lipinski definition) is 1. The van der Waals surface area contributed by atoms with Crippen LogP contribution in [0.1, 0.15) is 28.4 Å². The molecule has 1 heterocycles. The van der Waals surface area contributed by atoms with E-state index in [1.807, 2.05) is 51.2 Å². The average molecular weight is 243 g/mol. The van der Waals surface area contributed by atoms with Gasteiger partial charge in [0.05, 0.1) is 17.9 Å². The third-order valence-corrected chi connectivity index (χ3v) is 2.90. The number of carbonyl (C=O) groups excluding carboxylic acids is 1. The van der Waals surface area contributed by atoms with E-state index in [1.165, 1.54) is 5.56 Å². The molecule has 18 heavy (non-hydrogen) atoms. The number of nitrogens with one attached hydrogen (secondary N) is 1. The third-order valence-electron chi connectivity index (χ3n) is 2.90. The second-order valence-electron chi connectivity index (χ2n) is 4.31. The Bertz CT molecular complexity index is 552. The molecule has 2 rings (SSSR count). The summed E-state index contributed by atoms with van der Waals surface area (Å²) in [5, 5.41) is 0. The summed E-state index contributed by atoms with van der Waals surface area (Å²) in [6.45, 7) is 6.14. The molecular weight excluding hydrogens is 226 g/mol. The molecule has 0 amide bonds. The van der Waals surface area contributed by atoms with Crippen molar-refractivity contribution >= 4 is 5.97 Å². The van der Waals surface area contributed by atoms with Crippen LogP contribution in [0.4, 0.5) is 0 Å². The minimum atomic E-state index is -0.271. The first-order valence-electron chi connectivity index (χ1n) is 6.05. The number of esters is 1. The van der Waals surface area contributed by atoms with Crippen molar-refractivity contribution in [2.75, 3.05) is 6.61 Å². The number of benzene rings is 1. The lowest BCUT2D eigenvalue weighted by Crippen LogP contribution is -2.06. The number of ether oxygens (including phenoxy) is 1. The SMILES string of the molecule is CCOC(=O)c1c(C)c[nH]c1-c1ccc(C)cc1. The van der Waals surface area contributed by atoms with Gasteiger partial charge in [0.25, 0.3) is 0 Å². The normalized spacial score (nSPS) is 10.4. The minimum Gasteiger partial charge on any atom is -0.462 e. The molecule has 2 aromatic rings. The molecule has 3 nitrogen and oxygen atoms in total. The first kappa shape index (κ1) is 12.4. The van der Waals surface area contributed by atoms with Crippen molar-refractivity contribution in [3.05, 3.63) is 47.2 Å². The molecule has 0 aliphatic heterocycles. The molecule has 1 aromatic heterocycles. The molecule has 0 aliphatic rings. The van der Waals surface area contributed by atoms with Gasteiger partial charge in [-0.15, -0.1) is 0 Å². The van der Waals surface area contributed by atoms with Gasteiger partial charge in [-0.3, -0.25) is 0 Å². The fraction of sp³-hybridized carbons (Fsp3) is 0.267. The van der Waals surface area contributed by atoms with Crippen LogP contribution < -0.4 is 0 Å². The van der Waals surface area contributed by atoms with Crippen molar-refractivity contribution in [2.24, 2.45) is 0 Å². The largest absolute Gasteiger partial charge is 0.462 e. The van der Waals surface area contributed by atoms with E-state index >= 15 is 0 Å². The van der Waals surface area contributed by atoms with Crippen LogP contribution in [0, 0.1) is 13.8 Å². The molecule has 0 fully saturated rings. The van der Waals surface area contributed by atoms with Gasteiger partial charge in [-0.25, -0.2) is 4.79 Å². The van der Waals surface area contributed by atoms with Crippen LogP contribution in [0.2, 0.25) is 0 Å². The maximum absolute atomic E-state index is 11.9. The Morgan fingerprint density at radius 3 is 2.50 bits per heavy atom. The van der Waals surface area contributed by atoms with Gasteiger partial charge in [0.2, 0.25) is 0 Å². The van der Waals surface area contributed by atoms with Crippen molar-refractivity contribution in [2.45, 2.75) is 20.8 Å². The van der Waals surface area contributed by atoms with E-state index in [-0.39, 0.29) is 5.97 Å². The zero-order valence-corrected chi connectivity index (χ0v) is 10.9. The molecule has 0 aliphatic carbocycles. The highest BCUT2D eigenvalue weighted by molar-refractivity contribution is 5.98. The summed E-state index contributed by atoms with van der Waals surface area (Å²) < 4.78 is 5.09. The zero-order valence-electron chi connectivity index (χ0n) is 10.9. The summed E-state index contributed by atoms with van der Waals surface area (Å²) in [5.41, 5.74) is 4.55. The van der Waals surface area contributed by atoms with E-state index in [0.717, 1.165) is 16.8 Å². The summed E-state index contributed by atoms with van der Waals surface area (Å²) in [7, 11) is 0. The lowest BCUT2D eigenvalue weighted by molar-refractivity contribution is 0.0527. The molecule has 94 valence electrons. The second-order valence-corrected chi connectivity index (χ2v) is 4.31. The number of hydrogen-bond acceptors (Lipinski definition) is 2. The molecule has 3 heteroatoms. The van der Waals surface area contributed by atoms with Crippen LogP contribution in [-0.2, 0) is 4.74 Å².